The molecule has 29 heavy (non-hydrogen) atoms. The summed E-state index contributed by atoms with van der Waals surface area (Å²) in [5.74, 6) is -1.29. The Balaban J connectivity index is 1.51. The summed E-state index contributed by atoms with van der Waals surface area (Å²) in [5.41, 5.74) is 2.92. The number of hydrogen-bond donors (Lipinski definition) is 1. The molecule has 1 N–H and O–H groups in total. The number of H-pyrrole nitrogens is 1. The van der Waals surface area contributed by atoms with Crippen LogP contribution >= 0.6 is 11.3 Å². The molecule has 0 bridgehead atoms. The second-order valence-corrected chi connectivity index (χ2v) is 7.49. The number of fused-ring (bicyclic) bond motifs is 1. The van der Waals surface area contributed by atoms with Crippen LogP contribution in [0.4, 0.5) is 4.39 Å². The Bertz CT molecular complexity index is 1210. The van der Waals surface area contributed by atoms with E-state index in [0.717, 1.165) is 16.6 Å². The van der Waals surface area contributed by atoms with Gasteiger partial charge in [-0.15, -0.1) is 11.3 Å². The highest BCUT2D eigenvalue weighted by Gasteiger charge is 2.25. The van der Waals surface area contributed by atoms with Gasteiger partial charge in [0.1, 0.15) is 10.8 Å². The molecule has 0 spiro atoms. The first-order valence-corrected chi connectivity index (χ1v) is 9.86. The van der Waals surface area contributed by atoms with Crippen LogP contribution in [0, 0.1) is 12.7 Å². The summed E-state index contributed by atoms with van der Waals surface area (Å²) < 4.78 is 18.4. The third kappa shape index (κ3) is 3.69. The Hall–Kier alpha value is -3.32. The number of para-hydroxylation sites is 1. The summed E-state index contributed by atoms with van der Waals surface area (Å²) in [7, 11) is 0. The van der Waals surface area contributed by atoms with Crippen LogP contribution < -0.4 is 0 Å². The van der Waals surface area contributed by atoms with Crippen LogP contribution in [0.2, 0.25) is 0 Å². The molecule has 0 amide bonds. The molecule has 0 aliphatic heterocycles. The molecular weight excluding hydrogens is 391 g/mol. The molecule has 2 aromatic heterocycles. The molecule has 0 unspecified atom stereocenters. The normalized spacial score (nSPS) is 12.1. The molecule has 1 atom stereocenters. The predicted molar refractivity (Wildman–Crippen MR) is 110 cm³/mol. The summed E-state index contributed by atoms with van der Waals surface area (Å²) >= 11 is 1.25. The van der Waals surface area contributed by atoms with Crippen molar-refractivity contribution in [1.82, 2.24) is 9.97 Å². The number of thiazole rings is 1. The molecular formula is C22H17FN2O3S. The third-order valence-electron chi connectivity index (χ3n) is 4.60. The van der Waals surface area contributed by atoms with Crippen LogP contribution in [-0.2, 0) is 4.74 Å². The number of rotatable bonds is 5. The molecule has 2 aromatic carbocycles. The number of nitrogens with one attached hydrogen (secondary N) is 1. The monoisotopic (exact) mass is 408 g/mol. The molecule has 7 heteroatoms. The second kappa shape index (κ2) is 7.60. The molecule has 0 saturated carbocycles. The fraction of sp³-hybridized carbons (Fsp3) is 0.136. The van der Waals surface area contributed by atoms with Crippen molar-refractivity contribution >= 4 is 34.0 Å². The van der Waals surface area contributed by atoms with Crippen molar-refractivity contribution < 1.29 is 18.7 Å². The van der Waals surface area contributed by atoms with Crippen molar-refractivity contribution in [1.29, 1.82) is 0 Å². The highest BCUT2D eigenvalue weighted by Crippen LogP contribution is 2.26. The van der Waals surface area contributed by atoms with E-state index in [9.17, 15) is 14.0 Å². The van der Waals surface area contributed by atoms with Crippen LogP contribution in [-0.4, -0.2) is 27.8 Å². The number of benzene rings is 2. The maximum absolute atomic E-state index is 13.1. The largest absolute Gasteiger partial charge is 0.450 e. The number of halogens is 1. The zero-order valence-electron chi connectivity index (χ0n) is 15.7. The van der Waals surface area contributed by atoms with Gasteiger partial charge in [0.25, 0.3) is 0 Å². The van der Waals surface area contributed by atoms with E-state index in [0.29, 0.717) is 16.1 Å². The standard InChI is InChI=1S/C22H17FN2O3S/c1-12-19(16-5-3-4-6-17(16)24-12)20(26)13(2)28-22(27)18-11-29-21(25-18)14-7-9-15(23)10-8-14/h3-11,13,24H,1-2H3/t13-/m1/s1. The lowest BCUT2D eigenvalue weighted by Crippen LogP contribution is -2.25. The molecule has 146 valence electrons. The van der Waals surface area contributed by atoms with E-state index in [1.807, 2.05) is 31.2 Å². The number of nitrogens with zero attached hydrogens (tertiary/aromatic N) is 1. The zero-order valence-corrected chi connectivity index (χ0v) is 16.5. The summed E-state index contributed by atoms with van der Waals surface area (Å²) in [6, 6.07) is 13.3. The van der Waals surface area contributed by atoms with E-state index >= 15 is 0 Å². The topological polar surface area (TPSA) is 72.1 Å². The minimum Gasteiger partial charge on any atom is -0.450 e. The molecule has 0 fully saturated rings. The van der Waals surface area contributed by atoms with Crippen molar-refractivity contribution in [3.63, 3.8) is 0 Å². The Labute approximate surface area is 170 Å². The van der Waals surface area contributed by atoms with Gasteiger partial charge >= 0.3 is 5.97 Å². The van der Waals surface area contributed by atoms with Gasteiger partial charge in [-0.1, -0.05) is 18.2 Å². The lowest BCUT2D eigenvalue weighted by Gasteiger charge is -2.11. The maximum atomic E-state index is 13.1. The Kier molecular flexibility index (Phi) is 4.98. The Morgan fingerprint density at radius 2 is 1.86 bits per heavy atom. The van der Waals surface area contributed by atoms with Gasteiger partial charge in [0, 0.05) is 33.1 Å². The first kappa shape index (κ1) is 19.0. The van der Waals surface area contributed by atoms with Crippen LogP contribution in [0.3, 0.4) is 0 Å². The van der Waals surface area contributed by atoms with Gasteiger partial charge in [-0.05, 0) is 44.2 Å². The zero-order chi connectivity index (χ0) is 20.5. The summed E-state index contributed by atoms with van der Waals surface area (Å²) in [4.78, 5) is 32.8. The number of esters is 1. The number of aromatic amines is 1. The van der Waals surface area contributed by atoms with Gasteiger partial charge in [-0.25, -0.2) is 14.2 Å². The van der Waals surface area contributed by atoms with Crippen molar-refractivity contribution in [3.8, 4) is 10.6 Å². The summed E-state index contributed by atoms with van der Waals surface area (Å²) in [6.07, 6.45) is -0.962. The number of ether oxygens (including phenoxy) is 1. The smallest absolute Gasteiger partial charge is 0.358 e. The number of hydrogen-bond acceptors (Lipinski definition) is 5. The number of carbonyl (C=O) groups is 2. The van der Waals surface area contributed by atoms with Crippen molar-refractivity contribution in [2.45, 2.75) is 20.0 Å². The van der Waals surface area contributed by atoms with Gasteiger partial charge in [-0.3, -0.25) is 4.79 Å². The number of aryl methyl sites for hydroxylation is 1. The fourth-order valence-electron chi connectivity index (χ4n) is 3.16. The average Bonchev–Trinajstić information content (AvgIpc) is 3.32. The van der Waals surface area contributed by atoms with Gasteiger partial charge in [0.05, 0.1) is 0 Å². The molecule has 2 heterocycles. The first-order chi connectivity index (χ1) is 13.9. The molecule has 0 saturated heterocycles. The van der Waals surface area contributed by atoms with Crippen LogP contribution in [0.15, 0.2) is 53.9 Å². The predicted octanol–water partition coefficient (Wildman–Crippen LogP) is 5.17. The number of Topliss-reactive ketones (excluding diaryl/α,β-unsaturated/α-hetero) is 1. The third-order valence-corrected chi connectivity index (χ3v) is 5.49. The van der Waals surface area contributed by atoms with E-state index in [4.69, 9.17) is 4.74 Å². The van der Waals surface area contributed by atoms with E-state index < -0.39 is 12.1 Å². The molecule has 5 nitrogen and oxygen atoms in total. The molecule has 4 rings (SSSR count). The van der Waals surface area contributed by atoms with Crippen LogP contribution in [0.5, 0.6) is 0 Å². The number of carbonyl (C=O) groups excluding carboxylic acids is 2. The lowest BCUT2D eigenvalue weighted by molar-refractivity contribution is 0.0314. The van der Waals surface area contributed by atoms with E-state index in [1.165, 1.54) is 23.5 Å². The van der Waals surface area contributed by atoms with Crippen molar-refractivity contribution in [2.24, 2.45) is 0 Å². The van der Waals surface area contributed by atoms with Crippen LogP contribution in [0.25, 0.3) is 21.5 Å². The quantitative estimate of drug-likeness (QED) is 0.365. The molecule has 0 aliphatic rings. The van der Waals surface area contributed by atoms with Gasteiger partial charge in [0.2, 0.25) is 5.78 Å². The fourth-order valence-corrected chi connectivity index (χ4v) is 3.96. The van der Waals surface area contributed by atoms with Crippen molar-refractivity contribution in [2.75, 3.05) is 0 Å². The summed E-state index contributed by atoms with van der Waals surface area (Å²) in [5, 5.41) is 2.93. The maximum Gasteiger partial charge on any atom is 0.358 e. The van der Waals surface area contributed by atoms with Crippen molar-refractivity contribution in [3.05, 3.63) is 76.7 Å². The lowest BCUT2D eigenvalue weighted by atomic mass is 10.0. The SMILES string of the molecule is Cc1[nH]c2ccccc2c1C(=O)[C@@H](C)OC(=O)c1csc(-c2ccc(F)cc2)n1. The highest BCUT2D eigenvalue weighted by atomic mass is 32.1. The van der Waals surface area contributed by atoms with Gasteiger partial charge in [-0.2, -0.15) is 0 Å². The minimum atomic E-state index is -0.962. The van der Waals surface area contributed by atoms with Gasteiger partial charge in [0.15, 0.2) is 11.8 Å². The number of aromatic nitrogens is 2. The van der Waals surface area contributed by atoms with Crippen LogP contribution in [0.1, 0.15) is 33.5 Å². The molecule has 4 aromatic rings. The van der Waals surface area contributed by atoms with E-state index in [-0.39, 0.29) is 17.3 Å². The highest BCUT2D eigenvalue weighted by molar-refractivity contribution is 7.13. The molecule has 0 aliphatic carbocycles. The molecule has 0 radical (unpaired) electrons. The second-order valence-electron chi connectivity index (χ2n) is 6.63. The minimum absolute atomic E-state index is 0.115. The van der Waals surface area contributed by atoms with Gasteiger partial charge < -0.3 is 9.72 Å². The van der Waals surface area contributed by atoms with E-state index in [2.05, 4.69) is 9.97 Å². The summed E-state index contributed by atoms with van der Waals surface area (Å²) in [6.45, 7) is 3.37. The first-order valence-electron chi connectivity index (χ1n) is 8.98. The Morgan fingerprint density at radius 1 is 1.14 bits per heavy atom. The van der Waals surface area contributed by atoms with E-state index in [1.54, 1.807) is 24.4 Å². The number of ketones is 1. The average molecular weight is 408 g/mol. The Morgan fingerprint density at radius 3 is 2.62 bits per heavy atom.